The number of halogens is 2. The fourth-order valence-corrected chi connectivity index (χ4v) is 2.82. The molecule has 1 aromatic rings. The lowest BCUT2D eigenvalue weighted by atomic mass is 10.0. The van der Waals surface area contributed by atoms with Crippen molar-refractivity contribution in [3.8, 4) is 0 Å². The van der Waals surface area contributed by atoms with Crippen molar-refractivity contribution in [3.05, 3.63) is 33.8 Å². The van der Waals surface area contributed by atoms with Gasteiger partial charge in [0.05, 0.1) is 15.6 Å². The Morgan fingerprint density at radius 1 is 1.39 bits per heavy atom. The number of carbonyl (C=O) groups excluding carboxylic acids is 1. The van der Waals surface area contributed by atoms with Crippen LogP contribution in [0, 0.1) is 5.92 Å². The van der Waals surface area contributed by atoms with Crippen molar-refractivity contribution in [2.75, 3.05) is 6.54 Å². The van der Waals surface area contributed by atoms with Crippen LogP contribution in [0.2, 0.25) is 10.0 Å². The molecule has 0 aromatic heterocycles. The summed E-state index contributed by atoms with van der Waals surface area (Å²) in [5.74, 6) is 0.194. The molecule has 0 spiro atoms. The lowest BCUT2D eigenvalue weighted by Gasteiger charge is -2.19. The van der Waals surface area contributed by atoms with Gasteiger partial charge in [-0.15, -0.1) is 0 Å². The molecule has 18 heavy (non-hydrogen) atoms. The third-order valence-electron chi connectivity index (χ3n) is 3.47. The minimum atomic E-state index is -0.173. The van der Waals surface area contributed by atoms with Gasteiger partial charge in [0.2, 0.25) is 0 Å². The molecule has 0 radical (unpaired) electrons. The molecule has 2 unspecified atom stereocenters. The van der Waals surface area contributed by atoms with E-state index in [-0.39, 0.29) is 11.9 Å². The molecule has 3 nitrogen and oxygen atoms in total. The Bertz CT molecular complexity index is 451. The SMILES string of the molecule is NCC1CCCC1NC(=O)c1cccc(Cl)c1Cl. The van der Waals surface area contributed by atoms with Gasteiger partial charge in [-0.05, 0) is 37.4 Å². The normalized spacial score (nSPS) is 23.1. The van der Waals surface area contributed by atoms with Crippen molar-refractivity contribution in [1.29, 1.82) is 0 Å². The third kappa shape index (κ3) is 2.79. The van der Waals surface area contributed by atoms with Crippen molar-refractivity contribution >= 4 is 29.1 Å². The summed E-state index contributed by atoms with van der Waals surface area (Å²) >= 11 is 11.9. The van der Waals surface area contributed by atoms with Crippen LogP contribution in [-0.2, 0) is 0 Å². The number of nitrogens with one attached hydrogen (secondary N) is 1. The summed E-state index contributed by atoms with van der Waals surface area (Å²) in [6.07, 6.45) is 3.16. The first-order chi connectivity index (χ1) is 8.63. The smallest absolute Gasteiger partial charge is 0.253 e. The van der Waals surface area contributed by atoms with Crippen LogP contribution in [0.25, 0.3) is 0 Å². The van der Waals surface area contributed by atoms with Gasteiger partial charge in [0.1, 0.15) is 0 Å². The second-order valence-electron chi connectivity index (χ2n) is 4.61. The van der Waals surface area contributed by atoms with Gasteiger partial charge < -0.3 is 11.1 Å². The lowest BCUT2D eigenvalue weighted by molar-refractivity contribution is 0.0929. The third-order valence-corrected chi connectivity index (χ3v) is 4.29. The Kier molecular flexibility index (Phi) is 4.49. The molecular weight excluding hydrogens is 271 g/mol. The first kappa shape index (κ1) is 13.7. The van der Waals surface area contributed by atoms with Crippen molar-refractivity contribution in [3.63, 3.8) is 0 Å². The number of carbonyl (C=O) groups is 1. The zero-order valence-electron chi connectivity index (χ0n) is 9.96. The summed E-state index contributed by atoms with van der Waals surface area (Å²) in [4.78, 5) is 12.1. The van der Waals surface area contributed by atoms with Crippen molar-refractivity contribution in [1.82, 2.24) is 5.32 Å². The molecule has 1 saturated carbocycles. The molecule has 2 atom stereocenters. The van der Waals surface area contributed by atoms with Crippen LogP contribution >= 0.6 is 23.2 Å². The van der Waals surface area contributed by atoms with Gasteiger partial charge in [-0.1, -0.05) is 35.7 Å². The maximum Gasteiger partial charge on any atom is 0.253 e. The first-order valence-electron chi connectivity index (χ1n) is 6.08. The van der Waals surface area contributed by atoms with E-state index >= 15 is 0 Å². The van der Waals surface area contributed by atoms with Gasteiger partial charge in [0, 0.05) is 6.04 Å². The van der Waals surface area contributed by atoms with Gasteiger partial charge in [0.15, 0.2) is 0 Å². The van der Waals surface area contributed by atoms with Gasteiger partial charge in [0.25, 0.3) is 5.91 Å². The summed E-state index contributed by atoms with van der Waals surface area (Å²) in [5.41, 5.74) is 6.12. The van der Waals surface area contributed by atoms with Crippen molar-refractivity contribution in [2.24, 2.45) is 11.7 Å². The summed E-state index contributed by atoms with van der Waals surface area (Å²) in [6, 6.07) is 5.21. The Morgan fingerprint density at radius 3 is 2.89 bits per heavy atom. The molecule has 5 heteroatoms. The molecule has 1 fully saturated rings. The Labute approximate surface area is 117 Å². The standard InChI is InChI=1S/C13H16Cl2N2O/c14-10-5-2-4-9(12(10)15)13(18)17-11-6-1-3-8(11)7-16/h2,4-5,8,11H,1,3,6-7,16H2,(H,17,18). The molecule has 0 heterocycles. The quantitative estimate of drug-likeness (QED) is 0.898. The van der Waals surface area contributed by atoms with E-state index < -0.39 is 0 Å². The molecule has 1 amide bonds. The minimum Gasteiger partial charge on any atom is -0.349 e. The van der Waals surface area contributed by atoms with E-state index in [9.17, 15) is 4.79 Å². The zero-order chi connectivity index (χ0) is 13.1. The highest BCUT2D eigenvalue weighted by atomic mass is 35.5. The van der Waals surface area contributed by atoms with Gasteiger partial charge in [-0.25, -0.2) is 0 Å². The predicted molar refractivity (Wildman–Crippen MR) is 74.1 cm³/mol. The zero-order valence-corrected chi connectivity index (χ0v) is 11.5. The molecule has 3 N–H and O–H groups in total. The first-order valence-corrected chi connectivity index (χ1v) is 6.84. The van der Waals surface area contributed by atoms with E-state index in [1.54, 1.807) is 18.2 Å². The monoisotopic (exact) mass is 286 g/mol. The fraction of sp³-hybridized carbons (Fsp3) is 0.462. The van der Waals surface area contributed by atoms with Crippen LogP contribution in [0.3, 0.4) is 0 Å². The molecule has 0 saturated heterocycles. The van der Waals surface area contributed by atoms with E-state index in [1.807, 2.05) is 0 Å². The Morgan fingerprint density at radius 2 is 2.17 bits per heavy atom. The molecule has 1 aromatic carbocycles. The van der Waals surface area contributed by atoms with Crippen LogP contribution in [0.15, 0.2) is 18.2 Å². The molecule has 0 bridgehead atoms. The largest absolute Gasteiger partial charge is 0.349 e. The Balaban J connectivity index is 2.10. The molecule has 2 rings (SSSR count). The van der Waals surface area contributed by atoms with Crippen LogP contribution in [0.5, 0.6) is 0 Å². The maximum absolute atomic E-state index is 12.1. The number of hydrogen-bond donors (Lipinski definition) is 2. The fourth-order valence-electron chi connectivity index (χ4n) is 2.43. The highest BCUT2D eigenvalue weighted by Gasteiger charge is 2.28. The highest BCUT2D eigenvalue weighted by Crippen LogP contribution is 2.28. The maximum atomic E-state index is 12.1. The van der Waals surface area contributed by atoms with Gasteiger partial charge >= 0.3 is 0 Å². The summed E-state index contributed by atoms with van der Waals surface area (Å²) < 4.78 is 0. The summed E-state index contributed by atoms with van der Waals surface area (Å²) in [6.45, 7) is 0.605. The van der Waals surface area contributed by atoms with Gasteiger partial charge in [-0.2, -0.15) is 0 Å². The van der Waals surface area contributed by atoms with Crippen LogP contribution < -0.4 is 11.1 Å². The van der Waals surface area contributed by atoms with Crippen LogP contribution in [0.4, 0.5) is 0 Å². The predicted octanol–water partition coefficient (Wildman–Crippen LogP) is 2.85. The number of benzene rings is 1. The number of rotatable bonds is 3. The van der Waals surface area contributed by atoms with E-state index in [0.717, 1.165) is 19.3 Å². The van der Waals surface area contributed by atoms with Crippen molar-refractivity contribution < 1.29 is 4.79 Å². The van der Waals surface area contributed by atoms with Crippen LogP contribution in [-0.4, -0.2) is 18.5 Å². The minimum absolute atomic E-state index is 0.151. The second-order valence-corrected chi connectivity index (χ2v) is 5.39. The number of hydrogen-bond acceptors (Lipinski definition) is 2. The topological polar surface area (TPSA) is 55.1 Å². The molecular formula is C13H16Cl2N2O. The molecule has 1 aliphatic carbocycles. The number of amides is 1. The van der Waals surface area contributed by atoms with Crippen molar-refractivity contribution in [2.45, 2.75) is 25.3 Å². The summed E-state index contributed by atoms with van der Waals surface area (Å²) in [5, 5.41) is 3.70. The van der Waals surface area contributed by atoms with E-state index in [0.29, 0.717) is 28.1 Å². The van der Waals surface area contributed by atoms with E-state index in [4.69, 9.17) is 28.9 Å². The second kappa shape index (κ2) is 5.91. The highest BCUT2D eigenvalue weighted by molar-refractivity contribution is 6.43. The van der Waals surface area contributed by atoms with E-state index in [2.05, 4.69) is 5.32 Å². The summed E-state index contributed by atoms with van der Waals surface area (Å²) in [7, 11) is 0. The number of nitrogens with two attached hydrogens (primary N) is 1. The molecule has 1 aliphatic rings. The average Bonchev–Trinajstić information content (AvgIpc) is 2.79. The molecule has 98 valence electrons. The van der Waals surface area contributed by atoms with Gasteiger partial charge in [-0.3, -0.25) is 4.79 Å². The van der Waals surface area contributed by atoms with E-state index in [1.165, 1.54) is 0 Å². The Hall–Kier alpha value is -0.770. The lowest BCUT2D eigenvalue weighted by Crippen LogP contribution is -2.39. The van der Waals surface area contributed by atoms with Crippen LogP contribution in [0.1, 0.15) is 29.6 Å². The molecule has 0 aliphatic heterocycles. The average molecular weight is 287 g/mol.